The lowest BCUT2D eigenvalue weighted by Gasteiger charge is -2.09. The summed E-state index contributed by atoms with van der Waals surface area (Å²) in [5.41, 5.74) is 2.32. The first kappa shape index (κ1) is 18.6. The Morgan fingerprint density at radius 2 is 1.50 bits per heavy atom. The molecule has 136 valence electrons. The van der Waals surface area contributed by atoms with Crippen LogP contribution in [0.5, 0.6) is 11.5 Å². The van der Waals surface area contributed by atoms with Gasteiger partial charge in [0, 0.05) is 31.3 Å². The summed E-state index contributed by atoms with van der Waals surface area (Å²) < 4.78 is 13.9. The summed E-state index contributed by atoms with van der Waals surface area (Å²) >= 11 is 1.79. The van der Waals surface area contributed by atoms with E-state index in [1.807, 2.05) is 6.07 Å². The van der Waals surface area contributed by atoms with Gasteiger partial charge < -0.3 is 9.47 Å². The van der Waals surface area contributed by atoms with Crippen molar-refractivity contribution in [3.8, 4) is 24.0 Å². The topological polar surface area (TPSA) is 18.5 Å². The average molecular weight is 367 g/mol. The number of hydrogen-bond acceptors (Lipinski definition) is 3. The highest BCUT2D eigenvalue weighted by Crippen LogP contribution is 2.42. The third kappa shape index (κ3) is 3.66. The number of thiophene rings is 1. The molecule has 0 N–H and O–H groups in total. The molecule has 0 amide bonds. The van der Waals surface area contributed by atoms with Crippen molar-refractivity contribution in [2.45, 2.75) is 52.9 Å². The second-order valence-electron chi connectivity index (χ2n) is 6.72. The number of hydrogen-bond donors (Lipinski definition) is 0. The molecule has 0 radical (unpaired) electrons. The molecule has 0 aliphatic heterocycles. The molecule has 3 aromatic rings. The lowest BCUT2D eigenvalue weighted by Crippen LogP contribution is -1.98. The van der Waals surface area contributed by atoms with E-state index in [-0.39, 0.29) is 0 Å². The number of unbranched alkanes of at least 4 members (excludes halogenated alkanes) is 4. The van der Waals surface area contributed by atoms with Gasteiger partial charge in [0.05, 0.1) is 6.61 Å². The van der Waals surface area contributed by atoms with E-state index in [0.29, 0.717) is 0 Å². The molecule has 1 heterocycles. The molecular weight excluding hydrogens is 340 g/mol. The summed E-state index contributed by atoms with van der Waals surface area (Å²) in [4.78, 5) is 0. The van der Waals surface area contributed by atoms with Crippen LogP contribution in [0.15, 0.2) is 24.3 Å². The van der Waals surface area contributed by atoms with Crippen molar-refractivity contribution in [3.63, 3.8) is 0 Å². The minimum absolute atomic E-state index is 0.757. The van der Waals surface area contributed by atoms with E-state index in [1.54, 1.807) is 11.3 Å². The molecule has 26 heavy (non-hydrogen) atoms. The first-order valence-electron chi connectivity index (χ1n) is 9.38. The Balaban J connectivity index is 1.85. The van der Waals surface area contributed by atoms with Crippen LogP contribution in [0, 0.1) is 26.4 Å². The summed E-state index contributed by atoms with van der Waals surface area (Å²) in [6.07, 6.45) is 13.8. The molecule has 0 aliphatic carbocycles. The summed E-state index contributed by atoms with van der Waals surface area (Å²) in [5.74, 6) is 1.75. The highest BCUT2D eigenvalue weighted by Gasteiger charge is 2.14. The van der Waals surface area contributed by atoms with Crippen LogP contribution in [-0.2, 0) is 0 Å². The Morgan fingerprint density at radius 1 is 0.885 bits per heavy atom. The normalized spacial score (nSPS) is 11.0. The second-order valence-corrected chi connectivity index (χ2v) is 7.74. The van der Waals surface area contributed by atoms with Crippen LogP contribution in [0.2, 0.25) is 0 Å². The van der Waals surface area contributed by atoms with Crippen LogP contribution in [-0.4, -0.2) is 6.61 Å². The van der Waals surface area contributed by atoms with Crippen LogP contribution in [0.1, 0.15) is 50.2 Å². The van der Waals surface area contributed by atoms with Gasteiger partial charge in [-0.15, -0.1) is 11.3 Å². The molecule has 3 heteroatoms. The van der Waals surface area contributed by atoms with Crippen LogP contribution in [0.25, 0.3) is 20.2 Å². The van der Waals surface area contributed by atoms with Crippen molar-refractivity contribution in [1.82, 2.24) is 0 Å². The summed E-state index contributed by atoms with van der Waals surface area (Å²) in [5, 5.41) is 2.52. The summed E-state index contributed by atoms with van der Waals surface area (Å²) in [6, 6.07) is 8.34. The van der Waals surface area contributed by atoms with Gasteiger partial charge in [-0.1, -0.05) is 39.0 Å². The molecule has 0 unspecified atom stereocenters. The number of aryl methyl sites for hydroxylation is 2. The number of benzene rings is 2. The Labute approximate surface area is 160 Å². The Morgan fingerprint density at radius 3 is 2.15 bits per heavy atom. The molecule has 2 aromatic carbocycles. The van der Waals surface area contributed by atoms with Gasteiger partial charge in [-0.25, -0.2) is 0 Å². The van der Waals surface area contributed by atoms with Crippen molar-refractivity contribution >= 4 is 31.5 Å². The van der Waals surface area contributed by atoms with E-state index in [1.165, 1.54) is 51.4 Å². The molecule has 0 saturated heterocycles. The average Bonchev–Trinajstić information content (AvgIpc) is 3.02. The predicted molar refractivity (Wildman–Crippen MR) is 113 cm³/mol. The zero-order chi connectivity index (χ0) is 18.5. The summed E-state index contributed by atoms with van der Waals surface area (Å²) in [6.45, 7) is 7.25. The van der Waals surface area contributed by atoms with E-state index in [2.05, 4.69) is 45.1 Å². The first-order chi connectivity index (χ1) is 12.7. The van der Waals surface area contributed by atoms with Crippen molar-refractivity contribution in [2.24, 2.45) is 0 Å². The van der Waals surface area contributed by atoms with Gasteiger partial charge >= 0.3 is 0 Å². The van der Waals surface area contributed by atoms with Crippen molar-refractivity contribution in [1.29, 1.82) is 0 Å². The molecule has 0 saturated carbocycles. The third-order valence-corrected chi connectivity index (χ3v) is 6.34. The molecule has 0 spiro atoms. The number of terminal acetylenes is 1. The van der Waals surface area contributed by atoms with Gasteiger partial charge in [0.1, 0.15) is 17.6 Å². The van der Waals surface area contributed by atoms with E-state index < -0.39 is 0 Å². The monoisotopic (exact) mass is 366 g/mol. The Kier molecular flexibility index (Phi) is 6.06. The SMILES string of the molecule is C#COc1ccc2c(sc3c(C)c(OCCCCCCC)ccc32)c1C. The lowest BCUT2D eigenvalue weighted by atomic mass is 10.1. The third-order valence-electron chi connectivity index (χ3n) is 4.88. The van der Waals surface area contributed by atoms with Crippen molar-refractivity contribution in [2.75, 3.05) is 6.61 Å². The number of rotatable bonds is 8. The maximum atomic E-state index is 6.07. The van der Waals surface area contributed by atoms with Gasteiger partial charge in [-0.05, 0) is 44.5 Å². The van der Waals surface area contributed by atoms with Crippen molar-refractivity contribution in [3.05, 3.63) is 35.4 Å². The first-order valence-corrected chi connectivity index (χ1v) is 10.2. The zero-order valence-corrected chi connectivity index (χ0v) is 16.7. The Bertz CT molecular complexity index is 946. The second kappa shape index (κ2) is 8.47. The van der Waals surface area contributed by atoms with Gasteiger partial charge in [0.25, 0.3) is 0 Å². The summed E-state index contributed by atoms with van der Waals surface area (Å²) in [7, 11) is 0. The van der Waals surface area contributed by atoms with Gasteiger partial charge in [-0.2, -0.15) is 0 Å². The largest absolute Gasteiger partial charge is 0.493 e. The zero-order valence-electron chi connectivity index (χ0n) is 15.9. The maximum Gasteiger partial charge on any atom is 0.144 e. The van der Waals surface area contributed by atoms with Gasteiger partial charge in [0.2, 0.25) is 0 Å². The lowest BCUT2D eigenvalue weighted by molar-refractivity contribution is 0.303. The highest BCUT2D eigenvalue weighted by molar-refractivity contribution is 7.26. The van der Waals surface area contributed by atoms with Crippen LogP contribution >= 0.6 is 11.3 Å². The molecule has 0 fully saturated rings. The quantitative estimate of drug-likeness (QED) is 0.316. The van der Waals surface area contributed by atoms with Crippen LogP contribution < -0.4 is 9.47 Å². The molecule has 1 aromatic heterocycles. The highest BCUT2D eigenvalue weighted by atomic mass is 32.1. The van der Waals surface area contributed by atoms with E-state index in [4.69, 9.17) is 15.9 Å². The van der Waals surface area contributed by atoms with Gasteiger partial charge in [0.15, 0.2) is 0 Å². The molecule has 0 bridgehead atoms. The molecule has 2 nitrogen and oxygen atoms in total. The van der Waals surface area contributed by atoms with E-state index >= 15 is 0 Å². The maximum absolute atomic E-state index is 6.07. The van der Waals surface area contributed by atoms with Crippen molar-refractivity contribution < 1.29 is 9.47 Å². The minimum atomic E-state index is 0.757. The van der Waals surface area contributed by atoms with Crippen LogP contribution in [0.4, 0.5) is 0 Å². The fourth-order valence-corrected chi connectivity index (χ4v) is 4.64. The fourth-order valence-electron chi connectivity index (χ4n) is 3.35. The predicted octanol–water partition coefficient (Wildman–Crippen LogP) is 6.99. The standard InChI is InChI=1S/C23H26O2S/c1-5-7-8-9-10-15-25-21-14-12-19-18-11-13-20(24-6-2)16(3)22(18)26-23(19)17(21)4/h2,11-14H,5,7-10,15H2,1,3-4H3. The molecular formula is C23H26O2S. The smallest absolute Gasteiger partial charge is 0.144 e. The minimum Gasteiger partial charge on any atom is -0.493 e. The molecule has 0 aliphatic rings. The number of fused-ring (bicyclic) bond motifs is 3. The fraction of sp³-hybridized carbons (Fsp3) is 0.391. The van der Waals surface area contributed by atoms with Crippen LogP contribution in [0.3, 0.4) is 0 Å². The number of ether oxygens (including phenoxy) is 2. The Hall–Kier alpha value is -2.18. The molecule has 0 atom stereocenters. The van der Waals surface area contributed by atoms with Gasteiger partial charge in [-0.3, -0.25) is 0 Å². The van der Waals surface area contributed by atoms with E-state index in [9.17, 15) is 0 Å². The van der Waals surface area contributed by atoms with E-state index in [0.717, 1.165) is 30.1 Å². The molecule has 3 rings (SSSR count).